The van der Waals surface area contributed by atoms with Crippen molar-refractivity contribution in [2.24, 2.45) is 5.73 Å². The molecule has 4 N–H and O–H groups in total. The van der Waals surface area contributed by atoms with Crippen LogP contribution in [0.3, 0.4) is 0 Å². The van der Waals surface area contributed by atoms with Crippen molar-refractivity contribution in [1.29, 1.82) is 5.26 Å². The summed E-state index contributed by atoms with van der Waals surface area (Å²) >= 11 is 4.94. The van der Waals surface area contributed by atoms with Crippen molar-refractivity contribution >= 4 is 12.2 Å². The average Bonchev–Trinajstić information content (AvgIpc) is 2.53. The van der Waals surface area contributed by atoms with Gasteiger partial charge in [0.2, 0.25) is 11.8 Å². The second kappa shape index (κ2) is 5.62. The molecule has 0 aliphatic carbocycles. The Morgan fingerprint density at radius 1 is 1.35 bits per heavy atom. The van der Waals surface area contributed by atoms with Gasteiger partial charge in [-0.2, -0.15) is 5.26 Å². The molecule has 1 aliphatic heterocycles. The fraction of sp³-hybridized carbons (Fsp3) is 0.133. The molecular weight excluding hydrogens is 316 g/mol. The van der Waals surface area contributed by atoms with Crippen LogP contribution in [0.1, 0.15) is 17.0 Å². The van der Waals surface area contributed by atoms with Crippen molar-refractivity contribution in [3.05, 3.63) is 62.0 Å². The highest BCUT2D eigenvalue weighted by Gasteiger charge is 2.33. The van der Waals surface area contributed by atoms with Gasteiger partial charge in [-0.1, -0.05) is 12.1 Å². The number of H-pyrrole nitrogens is 2. The molecule has 7 nitrogen and oxygen atoms in total. The molecule has 1 aliphatic rings. The number of ether oxygens (including phenoxy) is 2. The third-order valence-corrected chi connectivity index (χ3v) is 3.77. The number of methoxy groups -OCH3 is 1. The number of benzene rings is 1. The standard InChI is InChI=1S/C15H12N4O3S/c1-21-8-4-2-7(3-5-8)10-9(6-16)12(17)22-14-11(10)13(20)18-15(23)19-14/h2-5,10H,17H2,1H3,(H2,18,19,20,23)/t10-/m0/s1. The van der Waals surface area contributed by atoms with E-state index >= 15 is 0 Å². The highest BCUT2D eigenvalue weighted by molar-refractivity contribution is 7.71. The Balaban J connectivity index is 2.26. The first kappa shape index (κ1) is 14.9. The number of allylic oxidation sites excluding steroid dienone is 1. The van der Waals surface area contributed by atoms with E-state index < -0.39 is 11.5 Å². The van der Waals surface area contributed by atoms with Gasteiger partial charge in [-0.05, 0) is 29.9 Å². The lowest BCUT2D eigenvalue weighted by molar-refractivity contribution is 0.374. The molecule has 0 amide bonds. The number of nitrogens with zero attached hydrogens (tertiary/aromatic N) is 1. The van der Waals surface area contributed by atoms with Gasteiger partial charge in [0.1, 0.15) is 17.4 Å². The monoisotopic (exact) mass is 328 g/mol. The van der Waals surface area contributed by atoms with E-state index in [2.05, 4.69) is 9.97 Å². The summed E-state index contributed by atoms with van der Waals surface area (Å²) in [5.74, 6) is 0.108. The molecule has 2 aromatic rings. The number of aromatic amines is 2. The van der Waals surface area contributed by atoms with Gasteiger partial charge in [0.05, 0.1) is 18.6 Å². The van der Waals surface area contributed by atoms with Gasteiger partial charge in [-0.25, -0.2) is 0 Å². The number of nitriles is 1. The molecule has 23 heavy (non-hydrogen) atoms. The van der Waals surface area contributed by atoms with E-state index in [1.807, 2.05) is 6.07 Å². The first-order valence-corrected chi connectivity index (χ1v) is 7.04. The maximum Gasteiger partial charge on any atom is 0.259 e. The van der Waals surface area contributed by atoms with Gasteiger partial charge in [0.15, 0.2) is 4.77 Å². The largest absolute Gasteiger partial charge is 0.497 e. The normalized spacial score (nSPS) is 16.3. The van der Waals surface area contributed by atoms with Gasteiger partial charge < -0.3 is 20.2 Å². The number of fused-ring (bicyclic) bond motifs is 1. The fourth-order valence-electron chi connectivity index (χ4n) is 2.52. The van der Waals surface area contributed by atoms with Crippen LogP contribution < -0.4 is 20.8 Å². The number of nitrogens with two attached hydrogens (primary N) is 1. The van der Waals surface area contributed by atoms with Gasteiger partial charge >= 0.3 is 0 Å². The summed E-state index contributed by atoms with van der Waals surface area (Å²) in [6.45, 7) is 0. The van der Waals surface area contributed by atoms with E-state index in [1.165, 1.54) is 0 Å². The molecule has 0 unspecified atom stereocenters. The zero-order valence-electron chi connectivity index (χ0n) is 12.0. The SMILES string of the molecule is COc1ccc([C@H]2C(C#N)=C(N)Oc3[nH]c(=S)[nH]c(=O)c32)cc1. The molecule has 0 radical (unpaired) electrons. The summed E-state index contributed by atoms with van der Waals surface area (Å²) in [7, 11) is 1.56. The van der Waals surface area contributed by atoms with Crippen molar-refractivity contribution in [2.75, 3.05) is 7.11 Å². The molecule has 3 rings (SSSR count). The van der Waals surface area contributed by atoms with Crippen LogP contribution in [0.4, 0.5) is 0 Å². The molecule has 1 aromatic carbocycles. The van der Waals surface area contributed by atoms with Crippen LogP contribution >= 0.6 is 12.2 Å². The van der Waals surface area contributed by atoms with E-state index in [0.717, 1.165) is 0 Å². The predicted molar refractivity (Wildman–Crippen MR) is 84.5 cm³/mol. The maximum absolute atomic E-state index is 12.3. The molecule has 116 valence electrons. The van der Waals surface area contributed by atoms with Crippen LogP contribution in [0.2, 0.25) is 0 Å². The highest BCUT2D eigenvalue weighted by Crippen LogP contribution is 2.39. The van der Waals surface area contributed by atoms with E-state index in [0.29, 0.717) is 11.3 Å². The summed E-state index contributed by atoms with van der Waals surface area (Å²) in [6.07, 6.45) is 0. The van der Waals surface area contributed by atoms with Crippen molar-refractivity contribution in [3.8, 4) is 17.7 Å². The minimum Gasteiger partial charge on any atom is -0.497 e. The molecule has 0 fully saturated rings. The first-order valence-electron chi connectivity index (χ1n) is 6.63. The lowest BCUT2D eigenvalue weighted by atomic mass is 9.85. The second-order valence-electron chi connectivity index (χ2n) is 4.85. The van der Waals surface area contributed by atoms with Gasteiger partial charge in [0.25, 0.3) is 5.56 Å². The molecule has 0 saturated carbocycles. The minimum atomic E-state index is -0.648. The lowest BCUT2D eigenvalue weighted by Gasteiger charge is -2.25. The van der Waals surface area contributed by atoms with Crippen molar-refractivity contribution in [3.63, 3.8) is 0 Å². The van der Waals surface area contributed by atoms with E-state index in [9.17, 15) is 10.1 Å². The van der Waals surface area contributed by atoms with Crippen molar-refractivity contribution in [1.82, 2.24) is 9.97 Å². The summed E-state index contributed by atoms with van der Waals surface area (Å²) in [5, 5.41) is 9.43. The molecular formula is C15H12N4O3S. The molecule has 0 saturated heterocycles. The third kappa shape index (κ3) is 2.47. The maximum atomic E-state index is 12.3. The van der Waals surface area contributed by atoms with Crippen LogP contribution in [0.15, 0.2) is 40.5 Å². The topological polar surface area (TPSA) is 117 Å². The Hall–Kier alpha value is -3.05. The average molecular weight is 328 g/mol. The Labute approximate surface area is 136 Å². The Morgan fingerprint density at radius 3 is 2.65 bits per heavy atom. The summed E-state index contributed by atoms with van der Waals surface area (Å²) in [6, 6.07) is 9.05. The quantitative estimate of drug-likeness (QED) is 0.722. The minimum absolute atomic E-state index is 0.0583. The number of aromatic nitrogens is 2. The molecule has 1 atom stereocenters. The second-order valence-corrected chi connectivity index (χ2v) is 5.26. The highest BCUT2D eigenvalue weighted by atomic mass is 32.1. The van der Waals surface area contributed by atoms with E-state index in [4.69, 9.17) is 27.4 Å². The predicted octanol–water partition coefficient (Wildman–Crippen LogP) is 1.66. The zero-order valence-corrected chi connectivity index (χ0v) is 12.9. The Bertz CT molecular complexity index is 950. The van der Waals surface area contributed by atoms with Crippen LogP contribution in [0.5, 0.6) is 11.6 Å². The van der Waals surface area contributed by atoms with Crippen molar-refractivity contribution in [2.45, 2.75) is 5.92 Å². The molecule has 0 bridgehead atoms. The third-order valence-electron chi connectivity index (χ3n) is 3.57. The smallest absolute Gasteiger partial charge is 0.259 e. The number of nitrogens with one attached hydrogen (secondary N) is 2. The van der Waals surface area contributed by atoms with Gasteiger partial charge in [-0.15, -0.1) is 0 Å². The van der Waals surface area contributed by atoms with Crippen LogP contribution in [0, 0.1) is 16.1 Å². The van der Waals surface area contributed by atoms with Crippen LogP contribution in [-0.4, -0.2) is 17.1 Å². The van der Waals surface area contributed by atoms with Crippen LogP contribution in [-0.2, 0) is 0 Å². The zero-order chi connectivity index (χ0) is 16.6. The Kier molecular flexibility index (Phi) is 3.64. The summed E-state index contributed by atoms with van der Waals surface area (Å²) < 4.78 is 10.6. The summed E-state index contributed by atoms with van der Waals surface area (Å²) in [5.41, 5.74) is 6.54. The number of rotatable bonds is 2. The van der Waals surface area contributed by atoms with Gasteiger partial charge in [0, 0.05) is 0 Å². The van der Waals surface area contributed by atoms with Crippen molar-refractivity contribution < 1.29 is 9.47 Å². The Morgan fingerprint density at radius 2 is 2.04 bits per heavy atom. The number of hydrogen-bond acceptors (Lipinski definition) is 6. The molecule has 1 aromatic heterocycles. The number of hydrogen-bond donors (Lipinski definition) is 3. The first-order chi connectivity index (χ1) is 11.0. The van der Waals surface area contributed by atoms with Gasteiger partial charge in [-0.3, -0.25) is 9.78 Å². The van der Waals surface area contributed by atoms with E-state index in [1.54, 1.807) is 31.4 Å². The fourth-order valence-corrected chi connectivity index (χ4v) is 2.70. The molecule has 8 heteroatoms. The molecule has 0 spiro atoms. The van der Waals surface area contributed by atoms with E-state index in [-0.39, 0.29) is 27.7 Å². The molecule has 2 heterocycles. The summed E-state index contributed by atoms with van der Waals surface area (Å²) in [4.78, 5) is 17.6. The lowest BCUT2D eigenvalue weighted by Crippen LogP contribution is -2.28. The van der Waals surface area contributed by atoms with Crippen LogP contribution in [0.25, 0.3) is 0 Å².